The minimum absolute atomic E-state index is 0.0317. The molecule has 1 aliphatic heterocycles. The third kappa shape index (κ3) is 8.07. The topological polar surface area (TPSA) is 71.1 Å². The number of hydrogen-bond donors (Lipinski definition) is 1. The molecule has 1 saturated carbocycles. The number of carbonyl (C=O) groups is 2. The maximum absolute atomic E-state index is 13.8. The predicted molar refractivity (Wildman–Crippen MR) is 159 cm³/mol. The lowest BCUT2D eigenvalue weighted by Gasteiger charge is -2.34. The van der Waals surface area contributed by atoms with Crippen LogP contribution in [0.2, 0.25) is 0 Å². The number of nitrogens with zero attached hydrogens (tertiary/aromatic N) is 2. The molecule has 7 heteroatoms. The van der Waals surface area contributed by atoms with Gasteiger partial charge in [0.15, 0.2) is 0 Å². The Labute approximate surface area is 240 Å². The molecule has 2 aromatic rings. The van der Waals surface area contributed by atoms with E-state index in [0.29, 0.717) is 43.7 Å². The average molecular weight is 550 g/mol. The van der Waals surface area contributed by atoms with Crippen molar-refractivity contribution < 1.29 is 19.1 Å². The first-order valence-electron chi connectivity index (χ1n) is 15.0. The van der Waals surface area contributed by atoms with E-state index in [2.05, 4.69) is 31.0 Å². The van der Waals surface area contributed by atoms with Crippen molar-refractivity contribution >= 4 is 11.8 Å². The van der Waals surface area contributed by atoms with Crippen LogP contribution in [0.1, 0.15) is 61.5 Å². The number of hydrogen-bond acceptors (Lipinski definition) is 5. The fourth-order valence-electron chi connectivity index (χ4n) is 5.63. The Hall–Kier alpha value is -2.90. The van der Waals surface area contributed by atoms with Crippen LogP contribution in [-0.4, -0.2) is 80.2 Å². The molecular weight excluding hydrogens is 502 g/mol. The van der Waals surface area contributed by atoms with Gasteiger partial charge in [0.1, 0.15) is 5.75 Å². The van der Waals surface area contributed by atoms with E-state index in [1.165, 1.54) is 0 Å². The van der Waals surface area contributed by atoms with E-state index in [9.17, 15) is 9.59 Å². The Morgan fingerprint density at radius 3 is 2.38 bits per heavy atom. The van der Waals surface area contributed by atoms with Crippen molar-refractivity contribution in [2.24, 2.45) is 11.8 Å². The van der Waals surface area contributed by atoms with Crippen LogP contribution in [-0.2, 0) is 22.4 Å². The van der Waals surface area contributed by atoms with Gasteiger partial charge in [0.2, 0.25) is 5.91 Å². The van der Waals surface area contributed by atoms with Crippen LogP contribution < -0.4 is 10.1 Å². The van der Waals surface area contributed by atoms with Crippen LogP contribution in [0.3, 0.4) is 0 Å². The molecule has 2 fully saturated rings. The normalized spacial score (nSPS) is 18.6. The van der Waals surface area contributed by atoms with E-state index in [4.69, 9.17) is 9.47 Å². The fraction of sp³-hybridized carbons (Fsp3) is 0.576. The standard InChI is InChI=1S/C33H47N3O4/c1-5-26-12-13-27(19-31(26)40-17-9-16-39-4)33(38)35(24(2)3)22-28-20-34-21-29(28)23-36(30-14-15-30)32(37)18-25-10-7-6-8-11-25/h6-8,10-13,19,24,28-30,34H,5,9,14-18,20-23H2,1-4H3/t28-,29-/m0/s1. The molecule has 218 valence electrons. The largest absolute Gasteiger partial charge is 0.493 e. The Kier molecular flexibility index (Phi) is 11.0. The van der Waals surface area contributed by atoms with Crippen LogP contribution in [0.15, 0.2) is 48.5 Å². The maximum Gasteiger partial charge on any atom is 0.254 e. The van der Waals surface area contributed by atoms with E-state index in [0.717, 1.165) is 62.2 Å². The number of methoxy groups -OCH3 is 1. The van der Waals surface area contributed by atoms with Gasteiger partial charge in [-0.05, 0) is 68.2 Å². The lowest BCUT2D eigenvalue weighted by atomic mass is 9.93. The minimum atomic E-state index is 0.0317. The molecule has 1 saturated heterocycles. The monoisotopic (exact) mass is 549 g/mol. The summed E-state index contributed by atoms with van der Waals surface area (Å²) in [5.74, 6) is 1.63. The van der Waals surface area contributed by atoms with Crippen molar-refractivity contribution in [3.05, 3.63) is 65.2 Å². The highest BCUT2D eigenvalue weighted by Crippen LogP contribution is 2.31. The zero-order valence-electron chi connectivity index (χ0n) is 24.7. The molecule has 4 rings (SSSR count). The first kappa shape index (κ1) is 30.1. The number of benzene rings is 2. The highest BCUT2D eigenvalue weighted by atomic mass is 16.5. The minimum Gasteiger partial charge on any atom is -0.493 e. The second-order valence-corrected chi connectivity index (χ2v) is 11.5. The molecule has 0 unspecified atom stereocenters. The quantitative estimate of drug-likeness (QED) is 0.329. The van der Waals surface area contributed by atoms with Crippen molar-refractivity contribution in [2.75, 3.05) is 46.5 Å². The van der Waals surface area contributed by atoms with Crippen molar-refractivity contribution in [1.82, 2.24) is 15.1 Å². The summed E-state index contributed by atoms with van der Waals surface area (Å²) in [5.41, 5.74) is 2.82. The van der Waals surface area contributed by atoms with Crippen molar-refractivity contribution in [2.45, 2.75) is 65.0 Å². The van der Waals surface area contributed by atoms with E-state index >= 15 is 0 Å². The van der Waals surface area contributed by atoms with Gasteiger partial charge in [0.25, 0.3) is 5.91 Å². The molecule has 2 atom stereocenters. The zero-order valence-corrected chi connectivity index (χ0v) is 24.7. The Bertz CT molecular complexity index is 1100. The first-order chi connectivity index (χ1) is 19.4. The lowest BCUT2D eigenvalue weighted by molar-refractivity contribution is -0.131. The van der Waals surface area contributed by atoms with Gasteiger partial charge in [0, 0.05) is 64.0 Å². The number of amides is 2. The van der Waals surface area contributed by atoms with Crippen molar-refractivity contribution in [1.29, 1.82) is 0 Å². The van der Waals surface area contributed by atoms with Gasteiger partial charge in [-0.15, -0.1) is 0 Å². The summed E-state index contributed by atoms with van der Waals surface area (Å²) in [6, 6.07) is 16.3. The summed E-state index contributed by atoms with van der Waals surface area (Å²) in [5, 5.41) is 3.55. The highest BCUT2D eigenvalue weighted by Gasteiger charge is 2.38. The van der Waals surface area contributed by atoms with Crippen LogP contribution in [0.25, 0.3) is 0 Å². The van der Waals surface area contributed by atoms with E-state index < -0.39 is 0 Å². The number of nitrogens with one attached hydrogen (secondary N) is 1. The second kappa shape index (κ2) is 14.6. The Morgan fingerprint density at radius 2 is 1.73 bits per heavy atom. The van der Waals surface area contributed by atoms with Gasteiger partial charge >= 0.3 is 0 Å². The molecular formula is C33H47N3O4. The second-order valence-electron chi connectivity index (χ2n) is 11.5. The van der Waals surface area contributed by atoms with Gasteiger partial charge in [-0.3, -0.25) is 9.59 Å². The molecule has 1 N–H and O–H groups in total. The number of rotatable bonds is 15. The van der Waals surface area contributed by atoms with Gasteiger partial charge in [-0.25, -0.2) is 0 Å². The molecule has 1 heterocycles. The molecule has 2 aliphatic rings. The predicted octanol–water partition coefficient (Wildman–Crippen LogP) is 4.58. The summed E-state index contributed by atoms with van der Waals surface area (Å²) in [7, 11) is 1.69. The van der Waals surface area contributed by atoms with Crippen molar-refractivity contribution in [3.8, 4) is 5.75 Å². The zero-order chi connectivity index (χ0) is 28.5. The smallest absolute Gasteiger partial charge is 0.254 e. The molecule has 0 spiro atoms. The lowest BCUT2D eigenvalue weighted by Crippen LogP contribution is -2.45. The average Bonchev–Trinajstić information content (AvgIpc) is 3.71. The van der Waals surface area contributed by atoms with Gasteiger partial charge in [-0.2, -0.15) is 0 Å². The number of ether oxygens (including phenoxy) is 2. The maximum atomic E-state index is 13.8. The molecule has 0 aromatic heterocycles. The highest BCUT2D eigenvalue weighted by molar-refractivity contribution is 5.95. The Morgan fingerprint density at radius 1 is 1.00 bits per heavy atom. The van der Waals surface area contributed by atoms with Gasteiger partial charge < -0.3 is 24.6 Å². The third-order valence-corrected chi connectivity index (χ3v) is 8.18. The summed E-state index contributed by atoms with van der Waals surface area (Å²) in [6.45, 7) is 10.6. The van der Waals surface area contributed by atoms with Crippen LogP contribution in [0.4, 0.5) is 0 Å². The number of carbonyl (C=O) groups excluding carboxylic acids is 2. The third-order valence-electron chi connectivity index (χ3n) is 8.18. The summed E-state index contributed by atoms with van der Waals surface area (Å²) in [4.78, 5) is 31.3. The fourth-order valence-corrected chi connectivity index (χ4v) is 5.63. The molecule has 0 bridgehead atoms. The first-order valence-corrected chi connectivity index (χ1v) is 15.0. The van der Waals surface area contributed by atoms with E-state index in [1.807, 2.05) is 53.4 Å². The van der Waals surface area contributed by atoms with Crippen molar-refractivity contribution in [3.63, 3.8) is 0 Å². The molecule has 1 aliphatic carbocycles. The van der Waals surface area contributed by atoms with Crippen LogP contribution in [0, 0.1) is 11.8 Å². The van der Waals surface area contributed by atoms with E-state index in [-0.39, 0.29) is 23.8 Å². The molecule has 7 nitrogen and oxygen atoms in total. The van der Waals surface area contributed by atoms with Gasteiger partial charge in [-0.1, -0.05) is 43.3 Å². The summed E-state index contributed by atoms with van der Waals surface area (Å²) in [6.07, 6.45) is 4.27. The Balaban J connectivity index is 1.43. The molecule has 2 aromatic carbocycles. The molecule has 0 radical (unpaired) electrons. The van der Waals surface area contributed by atoms with Crippen LogP contribution in [0.5, 0.6) is 5.75 Å². The van der Waals surface area contributed by atoms with Crippen LogP contribution >= 0.6 is 0 Å². The SMILES string of the molecule is CCc1ccc(C(=O)N(C[C@@H]2CNC[C@H]2CN(C(=O)Cc2ccccc2)C2CC2)C(C)C)cc1OCCCOC. The van der Waals surface area contributed by atoms with Gasteiger partial charge in [0.05, 0.1) is 13.0 Å². The number of aryl methyl sites for hydroxylation is 1. The summed E-state index contributed by atoms with van der Waals surface area (Å²) >= 11 is 0. The van der Waals surface area contributed by atoms with E-state index in [1.54, 1.807) is 7.11 Å². The molecule has 40 heavy (non-hydrogen) atoms. The summed E-state index contributed by atoms with van der Waals surface area (Å²) < 4.78 is 11.2. The molecule has 2 amide bonds.